The number of piperidine rings is 1. The number of likely N-dealkylation sites (tertiary alicyclic amines) is 1. The minimum atomic E-state index is 0.0370. The van der Waals surface area contributed by atoms with Crippen LogP contribution in [0.4, 0.5) is 0 Å². The van der Waals surface area contributed by atoms with Gasteiger partial charge >= 0.3 is 0 Å². The molecule has 2 N–H and O–H groups in total. The van der Waals surface area contributed by atoms with Crippen LogP contribution in [-0.4, -0.2) is 54.5 Å². The van der Waals surface area contributed by atoms with Crippen molar-refractivity contribution in [1.82, 2.24) is 9.80 Å². The highest BCUT2D eigenvalue weighted by Gasteiger charge is 2.28. The standard InChI is InChI=1S/C15H31N3O/c1-4-7-13(12-16)15(19)18-10-8-14(9-11-18)17(5-2)6-3/h13-14H,4-12,16H2,1-3H3. The molecule has 112 valence electrons. The first-order valence-corrected chi connectivity index (χ1v) is 7.90. The molecule has 0 aromatic carbocycles. The van der Waals surface area contributed by atoms with Gasteiger partial charge in [0.15, 0.2) is 0 Å². The highest BCUT2D eigenvalue weighted by Crippen LogP contribution is 2.19. The quantitative estimate of drug-likeness (QED) is 0.765. The molecule has 1 aliphatic rings. The summed E-state index contributed by atoms with van der Waals surface area (Å²) in [6, 6.07) is 0.654. The number of carbonyl (C=O) groups excluding carboxylic acids is 1. The van der Waals surface area contributed by atoms with E-state index in [1.165, 1.54) is 0 Å². The summed E-state index contributed by atoms with van der Waals surface area (Å²) in [7, 11) is 0. The summed E-state index contributed by atoms with van der Waals surface area (Å²) in [5.74, 6) is 0.317. The Morgan fingerprint density at radius 2 is 1.84 bits per heavy atom. The molecule has 0 aromatic heterocycles. The third-order valence-electron chi connectivity index (χ3n) is 4.38. The van der Waals surface area contributed by atoms with Gasteiger partial charge in [-0.05, 0) is 32.4 Å². The molecule has 1 atom stereocenters. The summed E-state index contributed by atoms with van der Waals surface area (Å²) in [5, 5.41) is 0. The van der Waals surface area contributed by atoms with Crippen molar-refractivity contribution in [3.05, 3.63) is 0 Å². The molecule has 1 unspecified atom stereocenters. The van der Waals surface area contributed by atoms with Gasteiger partial charge in [0.1, 0.15) is 0 Å². The van der Waals surface area contributed by atoms with E-state index in [4.69, 9.17) is 5.73 Å². The van der Waals surface area contributed by atoms with Crippen molar-refractivity contribution in [2.45, 2.75) is 52.5 Å². The predicted octanol–water partition coefficient (Wildman–Crippen LogP) is 1.69. The Kier molecular flexibility index (Phi) is 7.39. The topological polar surface area (TPSA) is 49.6 Å². The van der Waals surface area contributed by atoms with E-state index in [1.54, 1.807) is 0 Å². The van der Waals surface area contributed by atoms with Gasteiger partial charge in [-0.3, -0.25) is 4.79 Å². The van der Waals surface area contributed by atoms with Crippen molar-refractivity contribution in [3.63, 3.8) is 0 Å². The highest BCUT2D eigenvalue weighted by molar-refractivity contribution is 5.79. The first-order valence-electron chi connectivity index (χ1n) is 7.90. The van der Waals surface area contributed by atoms with Crippen LogP contribution in [0.3, 0.4) is 0 Å². The van der Waals surface area contributed by atoms with Gasteiger partial charge in [0.2, 0.25) is 5.91 Å². The molecule has 1 saturated heterocycles. The maximum absolute atomic E-state index is 12.4. The van der Waals surface area contributed by atoms with Gasteiger partial charge in [-0.15, -0.1) is 0 Å². The summed E-state index contributed by atoms with van der Waals surface area (Å²) in [5.41, 5.74) is 5.73. The van der Waals surface area contributed by atoms with Crippen molar-refractivity contribution in [2.24, 2.45) is 11.7 Å². The van der Waals surface area contributed by atoms with Crippen LogP contribution in [0, 0.1) is 5.92 Å². The highest BCUT2D eigenvalue weighted by atomic mass is 16.2. The van der Waals surface area contributed by atoms with Crippen LogP contribution in [-0.2, 0) is 4.79 Å². The molecular weight excluding hydrogens is 238 g/mol. The lowest BCUT2D eigenvalue weighted by atomic mass is 9.98. The first-order chi connectivity index (χ1) is 9.17. The summed E-state index contributed by atoms with van der Waals surface area (Å²) < 4.78 is 0. The van der Waals surface area contributed by atoms with E-state index in [2.05, 4.69) is 25.7 Å². The average molecular weight is 269 g/mol. The van der Waals surface area contributed by atoms with Crippen LogP contribution < -0.4 is 5.73 Å². The number of rotatable bonds is 7. The fraction of sp³-hybridized carbons (Fsp3) is 0.933. The molecule has 1 amide bonds. The molecule has 0 spiro atoms. The smallest absolute Gasteiger partial charge is 0.226 e. The molecule has 0 aliphatic carbocycles. The molecule has 1 heterocycles. The molecule has 0 radical (unpaired) electrons. The number of amides is 1. The third kappa shape index (κ3) is 4.46. The zero-order valence-electron chi connectivity index (χ0n) is 12.9. The second-order valence-electron chi connectivity index (χ2n) is 5.50. The van der Waals surface area contributed by atoms with E-state index in [1.807, 2.05) is 4.90 Å². The van der Waals surface area contributed by atoms with Gasteiger partial charge in [0, 0.05) is 25.7 Å². The van der Waals surface area contributed by atoms with Gasteiger partial charge in [-0.25, -0.2) is 0 Å². The van der Waals surface area contributed by atoms with E-state index < -0.39 is 0 Å². The first kappa shape index (κ1) is 16.4. The summed E-state index contributed by atoms with van der Waals surface area (Å²) in [6.07, 6.45) is 4.17. The molecule has 1 rings (SSSR count). The van der Waals surface area contributed by atoms with Crippen molar-refractivity contribution in [1.29, 1.82) is 0 Å². The predicted molar refractivity (Wildman–Crippen MR) is 80.0 cm³/mol. The van der Waals surface area contributed by atoms with Gasteiger partial charge in [0.25, 0.3) is 0 Å². The fourth-order valence-electron chi connectivity index (χ4n) is 3.14. The summed E-state index contributed by atoms with van der Waals surface area (Å²) >= 11 is 0. The number of hydrogen-bond acceptors (Lipinski definition) is 3. The number of nitrogens with zero attached hydrogens (tertiary/aromatic N) is 2. The summed E-state index contributed by atoms with van der Waals surface area (Å²) in [6.45, 7) is 11.1. The monoisotopic (exact) mass is 269 g/mol. The van der Waals surface area contributed by atoms with Crippen molar-refractivity contribution < 1.29 is 4.79 Å². The number of hydrogen-bond donors (Lipinski definition) is 1. The van der Waals surface area contributed by atoms with Gasteiger partial charge < -0.3 is 15.5 Å². The van der Waals surface area contributed by atoms with Gasteiger partial charge in [-0.2, -0.15) is 0 Å². The van der Waals surface area contributed by atoms with Crippen molar-refractivity contribution in [2.75, 3.05) is 32.7 Å². The number of carbonyl (C=O) groups is 1. The Bertz CT molecular complexity index is 258. The average Bonchev–Trinajstić information content (AvgIpc) is 2.46. The second-order valence-corrected chi connectivity index (χ2v) is 5.50. The van der Waals surface area contributed by atoms with Crippen LogP contribution in [0.5, 0.6) is 0 Å². The van der Waals surface area contributed by atoms with E-state index in [9.17, 15) is 4.79 Å². The Balaban J connectivity index is 2.46. The Hall–Kier alpha value is -0.610. The molecule has 1 fully saturated rings. The largest absolute Gasteiger partial charge is 0.342 e. The maximum Gasteiger partial charge on any atom is 0.226 e. The van der Waals surface area contributed by atoms with E-state index in [0.717, 1.165) is 51.9 Å². The van der Waals surface area contributed by atoms with Crippen LogP contribution in [0.1, 0.15) is 46.5 Å². The zero-order chi connectivity index (χ0) is 14.3. The molecule has 0 aromatic rings. The number of nitrogens with two attached hydrogens (primary N) is 1. The van der Waals surface area contributed by atoms with Crippen LogP contribution in [0.15, 0.2) is 0 Å². The maximum atomic E-state index is 12.4. The SMILES string of the molecule is CCCC(CN)C(=O)N1CCC(N(CC)CC)CC1. The lowest BCUT2D eigenvalue weighted by Gasteiger charge is -2.38. The fourth-order valence-corrected chi connectivity index (χ4v) is 3.14. The van der Waals surface area contributed by atoms with Crippen LogP contribution in [0.2, 0.25) is 0 Å². The van der Waals surface area contributed by atoms with Crippen LogP contribution in [0.25, 0.3) is 0 Å². The van der Waals surface area contributed by atoms with E-state index in [0.29, 0.717) is 12.6 Å². The van der Waals surface area contributed by atoms with Crippen molar-refractivity contribution in [3.8, 4) is 0 Å². The molecule has 4 nitrogen and oxygen atoms in total. The normalized spacial score (nSPS) is 18.9. The molecule has 0 saturated carbocycles. The molecule has 4 heteroatoms. The lowest BCUT2D eigenvalue weighted by molar-refractivity contribution is -0.137. The van der Waals surface area contributed by atoms with Crippen molar-refractivity contribution >= 4 is 5.91 Å². The Morgan fingerprint density at radius 1 is 1.26 bits per heavy atom. The van der Waals surface area contributed by atoms with Crippen LogP contribution >= 0.6 is 0 Å². The molecule has 0 bridgehead atoms. The summed E-state index contributed by atoms with van der Waals surface area (Å²) in [4.78, 5) is 16.9. The minimum absolute atomic E-state index is 0.0370. The minimum Gasteiger partial charge on any atom is -0.342 e. The van der Waals surface area contributed by atoms with E-state index >= 15 is 0 Å². The Labute approximate surface area is 118 Å². The van der Waals surface area contributed by atoms with Gasteiger partial charge in [-0.1, -0.05) is 27.2 Å². The molecule has 19 heavy (non-hydrogen) atoms. The molecule has 1 aliphatic heterocycles. The Morgan fingerprint density at radius 3 is 2.26 bits per heavy atom. The second kappa shape index (κ2) is 8.54. The third-order valence-corrected chi connectivity index (χ3v) is 4.38. The molecular formula is C15H31N3O. The van der Waals surface area contributed by atoms with Gasteiger partial charge in [0.05, 0.1) is 5.92 Å². The zero-order valence-corrected chi connectivity index (χ0v) is 12.9. The lowest BCUT2D eigenvalue weighted by Crippen LogP contribution is -2.49. The van der Waals surface area contributed by atoms with E-state index in [-0.39, 0.29) is 11.8 Å².